The molecule has 4 rings (SSSR count). The van der Waals surface area contributed by atoms with Crippen LogP contribution in [0.5, 0.6) is 0 Å². The summed E-state index contributed by atoms with van der Waals surface area (Å²) in [4.78, 5) is 12.4. The standard InChI is InChI=1S/C14H20F2O6S/c15-14(16,23(19,20)21)8-22-11(18)13-4-9-1-10(5-13)3-12(2-9,6-13)7-17/h9-10,17H,1-8H2,(H,19,20,21). The molecule has 4 aliphatic carbocycles. The van der Waals surface area contributed by atoms with Crippen LogP contribution in [0.15, 0.2) is 0 Å². The molecule has 0 aromatic rings. The van der Waals surface area contributed by atoms with Crippen molar-refractivity contribution in [3.63, 3.8) is 0 Å². The number of carbonyl (C=O) groups excluding carboxylic acids is 1. The van der Waals surface area contributed by atoms with Crippen LogP contribution in [0.1, 0.15) is 38.5 Å². The SMILES string of the molecule is O=C(OCC(F)(F)S(=O)(=O)O)C12CC3CC(CC(CO)(C3)C1)C2. The molecule has 2 N–H and O–H groups in total. The van der Waals surface area contributed by atoms with Crippen molar-refractivity contribution in [1.29, 1.82) is 0 Å². The van der Waals surface area contributed by atoms with Crippen molar-refractivity contribution in [3.8, 4) is 0 Å². The molecular weight excluding hydrogens is 334 g/mol. The van der Waals surface area contributed by atoms with Gasteiger partial charge >= 0.3 is 21.3 Å². The number of hydrogen-bond donors (Lipinski definition) is 2. The molecule has 132 valence electrons. The summed E-state index contributed by atoms with van der Waals surface area (Å²) in [6.45, 7) is -1.73. The van der Waals surface area contributed by atoms with Gasteiger partial charge in [0.25, 0.3) is 0 Å². The van der Waals surface area contributed by atoms with E-state index in [1.54, 1.807) is 0 Å². The molecule has 4 bridgehead atoms. The van der Waals surface area contributed by atoms with E-state index in [2.05, 4.69) is 4.74 Å². The predicted octanol–water partition coefficient (Wildman–Crippen LogP) is 1.59. The zero-order valence-corrected chi connectivity index (χ0v) is 13.3. The van der Waals surface area contributed by atoms with Crippen molar-refractivity contribution in [2.75, 3.05) is 13.2 Å². The summed E-state index contributed by atoms with van der Waals surface area (Å²) in [7, 11) is -5.62. The molecule has 4 fully saturated rings. The first-order chi connectivity index (χ1) is 10.5. The number of hydrogen-bond acceptors (Lipinski definition) is 5. The van der Waals surface area contributed by atoms with Crippen LogP contribution >= 0.6 is 0 Å². The van der Waals surface area contributed by atoms with Gasteiger partial charge in [-0.05, 0) is 55.8 Å². The molecule has 9 heteroatoms. The maximum Gasteiger partial charge on any atom is 0.402 e. The smallest absolute Gasteiger partial charge is 0.402 e. The van der Waals surface area contributed by atoms with E-state index in [0.29, 0.717) is 19.3 Å². The Bertz CT molecular complexity index is 603. The fourth-order valence-electron chi connectivity index (χ4n) is 5.25. The van der Waals surface area contributed by atoms with Crippen LogP contribution in [0.4, 0.5) is 8.78 Å². The van der Waals surface area contributed by atoms with Gasteiger partial charge in [-0.25, -0.2) is 0 Å². The maximum absolute atomic E-state index is 13.2. The van der Waals surface area contributed by atoms with Crippen molar-refractivity contribution in [1.82, 2.24) is 0 Å². The number of halogens is 2. The number of esters is 1. The van der Waals surface area contributed by atoms with Crippen molar-refractivity contribution in [3.05, 3.63) is 0 Å². The fraction of sp³-hybridized carbons (Fsp3) is 0.929. The lowest BCUT2D eigenvalue weighted by Gasteiger charge is -2.60. The van der Waals surface area contributed by atoms with Crippen LogP contribution in [0, 0.1) is 22.7 Å². The molecule has 0 aliphatic heterocycles. The molecule has 0 aromatic carbocycles. The van der Waals surface area contributed by atoms with Crippen molar-refractivity contribution < 1.29 is 36.4 Å². The highest BCUT2D eigenvalue weighted by Crippen LogP contribution is 2.65. The fourth-order valence-corrected chi connectivity index (χ4v) is 5.46. The highest BCUT2D eigenvalue weighted by molar-refractivity contribution is 7.86. The molecule has 23 heavy (non-hydrogen) atoms. The Morgan fingerprint density at radius 2 is 1.78 bits per heavy atom. The molecule has 0 spiro atoms. The molecular formula is C14H20F2O6S. The predicted molar refractivity (Wildman–Crippen MR) is 74.1 cm³/mol. The van der Waals surface area contributed by atoms with E-state index < -0.39 is 33.4 Å². The number of carbonyl (C=O) groups is 1. The van der Waals surface area contributed by atoms with Crippen molar-refractivity contribution in [2.24, 2.45) is 22.7 Å². The van der Waals surface area contributed by atoms with Gasteiger partial charge in [0, 0.05) is 6.61 Å². The highest BCUT2D eigenvalue weighted by atomic mass is 32.2. The van der Waals surface area contributed by atoms with E-state index in [1.165, 1.54) is 0 Å². The van der Waals surface area contributed by atoms with Gasteiger partial charge in [0.05, 0.1) is 5.41 Å². The molecule has 0 heterocycles. The minimum absolute atomic E-state index is 0.0454. The first-order valence-electron chi connectivity index (χ1n) is 7.64. The number of alkyl halides is 2. The number of aliphatic hydroxyl groups excluding tert-OH is 1. The second kappa shape index (κ2) is 5.10. The van der Waals surface area contributed by atoms with Crippen LogP contribution < -0.4 is 0 Å². The lowest BCUT2D eigenvalue weighted by molar-refractivity contribution is -0.189. The second-order valence-electron chi connectivity index (χ2n) is 7.59. The quantitative estimate of drug-likeness (QED) is 0.574. The van der Waals surface area contributed by atoms with Gasteiger partial charge in [-0.3, -0.25) is 9.35 Å². The lowest BCUT2D eigenvalue weighted by atomic mass is 9.44. The summed E-state index contributed by atoms with van der Waals surface area (Å²) in [5, 5.41) is 5.19. The van der Waals surface area contributed by atoms with Crippen LogP contribution in [0.3, 0.4) is 0 Å². The third kappa shape index (κ3) is 2.76. The van der Waals surface area contributed by atoms with E-state index >= 15 is 0 Å². The topological polar surface area (TPSA) is 101 Å². The zero-order chi connectivity index (χ0) is 17.1. The van der Waals surface area contributed by atoms with Crippen molar-refractivity contribution in [2.45, 2.75) is 43.8 Å². The lowest BCUT2D eigenvalue weighted by Crippen LogP contribution is -2.56. The van der Waals surface area contributed by atoms with E-state index in [4.69, 9.17) is 4.55 Å². The average molecular weight is 354 g/mol. The maximum atomic E-state index is 13.2. The second-order valence-corrected chi connectivity index (χ2v) is 9.14. The van der Waals surface area contributed by atoms with Crippen LogP contribution in [0.25, 0.3) is 0 Å². The highest BCUT2D eigenvalue weighted by Gasteiger charge is 2.61. The summed E-state index contributed by atoms with van der Waals surface area (Å²) in [6, 6.07) is 0. The Morgan fingerprint density at radius 3 is 2.26 bits per heavy atom. The first-order valence-corrected chi connectivity index (χ1v) is 9.08. The Kier molecular flexibility index (Phi) is 3.77. The molecule has 2 unspecified atom stereocenters. The normalized spacial score (nSPS) is 39.5. The van der Waals surface area contributed by atoms with Gasteiger partial charge in [0.15, 0.2) is 6.61 Å². The van der Waals surface area contributed by atoms with Gasteiger partial charge in [0.1, 0.15) is 0 Å². The zero-order valence-electron chi connectivity index (χ0n) is 12.5. The third-order valence-electron chi connectivity index (χ3n) is 5.70. The minimum atomic E-state index is -5.62. The largest absolute Gasteiger partial charge is 0.458 e. The van der Waals surface area contributed by atoms with E-state index in [1.807, 2.05) is 0 Å². The van der Waals surface area contributed by atoms with Crippen LogP contribution in [-0.4, -0.2) is 42.5 Å². The summed E-state index contributed by atoms with van der Waals surface area (Å²) in [5.41, 5.74) is -1.27. The summed E-state index contributed by atoms with van der Waals surface area (Å²) < 4.78 is 60.8. The van der Waals surface area contributed by atoms with Crippen LogP contribution in [0.2, 0.25) is 0 Å². The molecule has 4 aliphatic rings. The van der Waals surface area contributed by atoms with E-state index in [-0.39, 0.29) is 23.9 Å². The molecule has 0 amide bonds. The summed E-state index contributed by atoms with van der Waals surface area (Å²) in [6.07, 6.45) is 4.08. The molecule has 0 aromatic heterocycles. The Hall–Kier alpha value is -0.800. The molecule has 2 atom stereocenters. The Balaban J connectivity index is 1.75. The van der Waals surface area contributed by atoms with E-state index in [9.17, 15) is 27.1 Å². The van der Waals surface area contributed by atoms with Gasteiger partial charge in [-0.1, -0.05) is 0 Å². The number of ether oxygens (including phenoxy) is 1. The monoisotopic (exact) mass is 354 g/mol. The van der Waals surface area contributed by atoms with Gasteiger partial charge < -0.3 is 9.84 Å². The third-order valence-corrected chi connectivity index (χ3v) is 6.57. The molecule has 6 nitrogen and oxygen atoms in total. The minimum Gasteiger partial charge on any atom is -0.458 e. The number of rotatable bonds is 5. The van der Waals surface area contributed by atoms with E-state index in [0.717, 1.165) is 19.3 Å². The molecule has 4 saturated carbocycles. The average Bonchev–Trinajstić information content (AvgIpc) is 2.42. The summed E-state index contributed by atoms with van der Waals surface area (Å²) >= 11 is 0. The van der Waals surface area contributed by atoms with Gasteiger partial charge in [-0.15, -0.1) is 0 Å². The summed E-state index contributed by atoms with van der Waals surface area (Å²) in [5.74, 6) is -0.316. The van der Waals surface area contributed by atoms with Gasteiger partial charge in [0.2, 0.25) is 0 Å². The number of aliphatic hydroxyl groups is 1. The molecule has 0 radical (unpaired) electrons. The first kappa shape index (κ1) is 17.0. The van der Waals surface area contributed by atoms with Crippen LogP contribution in [-0.2, 0) is 19.6 Å². The Morgan fingerprint density at radius 1 is 1.22 bits per heavy atom. The van der Waals surface area contributed by atoms with Gasteiger partial charge in [-0.2, -0.15) is 17.2 Å². The Labute approximate surface area is 132 Å². The van der Waals surface area contributed by atoms with Crippen molar-refractivity contribution >= 4 is 16.1 Å². The molecule has 0 saturated heterocycles.